The molecule has 0 unspecified atom stereocenters. The summed E-state index contributed by atoms with van der Waals surface area (Å²) in [7, 11) is 0. The zero-order valence-corrected chi connectivity index (χ0v) is 11.8. The van der Waals surface area contributed by atoms with Crippen LogP contribution in [0.25, 0.3) is 11.5 Å². The molecule has 5 heteroatoms. The minimum Gasteiger partial charge on any atom is -0.494 e. The molecule has 0 fully saturated rings. The average molecular weight is 278 g/mol. The zero-order chi connectivity index (χ0) is 13.5. The molecular formula is C14H18N2O2S. The van der Waals surface area contributed by atoms with Crippen LogP contribution in [0.2, 0.25) is 0 Å². The molecule has 0 atom stereocenters. The fourth-order valence-electron chi connectivity index (χ4n) is 1.77. The molecule has 1 N–H and O–H groups in total. The molecule has 0 aliphatic rings. The fraction of sp³-hybridized carbons (Fsp3) is 0.429. The Kier molecular flexibility index (Phi) is 5.15. The van der Waals surface area contributed by atoms with Gasteiger partial charge in [-0.1, -0.05) is 26.2 Å². The van der Waals surface area contributed by atoms with Crippen molar-refractivity contribution in [1.82, 2.24) is 10.2 Å². The van der Waals surface area contributed by atoms with E-state index in [4.69, 9.17) is 21.4 Å². The van der Waals surface area contributed by atoms with Gasteiger partial charge in [-0.25, -0.2) is 5.10 Å². The van der Waals surface area contributed by atoms with Crippen LogP contribution in [0, 0.1) is 4.84 Å². The van der Waals surface area contributed by atoms with Crippen molar-refractivity contribution >= 4 is 12.2 Å². The van der Waals surface area contributed by atoms with Crippen molar-refractivity contribution in [3.63, 3.8) is 0 Å². The first-order valence-corrected chi connectivity index (χ1v) is 6.99. The van der Waals surface area contributed by atoms with E-state index in [1.54, 1.807) is 0 Å². The van der Waals surface area contributed by atoms with Gasteiger partial charge in [0.05, 0.1) is 6.61 Å². The lowest BCUT2D eigenvalue weighted by molar-refractivity contribution is 0.305. The smallest absolute Gasteiger partial charge is 0.284 e. The molecular weight excluding hydrogens is 260 g/mol. The van der Waals surface area contributed by atoms with Gasteiger partial charge < -0.3 is 9.15 Å². The summed E-state index contributed by atoms with van der Waals surface area (Å²) >= 11 is 4.84. The van der Waals surface area contributed by atoms with Crippen LogP contribution < -0.4 is 4.74 Å². The van der Waals surface area contributed by atoms with Crippen LogP contribution in [0.15, 0.2) is 28.7 Å². The quantitative estimate of drug-likeness (QED) is 0.604. The maximum Gasteiger partial charge on any atom is 0.284 e. The third-order valence-corrected chi connectivity index (χ3v) is 2.98. The molecule has 0 amide bonds. The predicted molar refractivity (Wildman–Crippen MR) is 76.8 cm³/mol. The molecule has 102 valence electrons. The molecule has 2 rings (SSSR count). The molecule has 2 aromatic rings. The Morgan fingerprint density at radius 1 is 1.21 bits per heavy atom. The van der Waals surface area contributed by atoms with E-state index >= 15 is 0 Å². The third kappa shape index (κ3) is 4.21. The van der Waals surface area contributed by atoms with E-state index < -0.39 is 0 Å². The summed E-state index contributed by atoms with van der Waals surface area (Å²) in [5, 5.41) is 6.58. The number of aromatic amines is 1. The molecule has 0 saturated heterocycles. The van der Waals surface area contributed by atoms with Crippen LogP contribution in [0.1, 0.15) is 32.6 Å². The average Bonchev–Trinajstić information content (AvgIpc) is 2.86. The summed E-state index contributed by atoms with van der Waals surface area (Å²) in [6.45, 7) is 2.97. The van der Waals surface area contributed by atoms with Gasteiger partial charge in [0.15, 0.2) is 0 Å². The Hall–Kier alpha value is -1.62. The van der Waals surface area contributed by atoms with Crippen LogP contribution >= 0.6 is 12.2 Å². The monoisotopic (exact) mass is 278 g/mol. The number of hydrogen-bond acceptors (Lipinski definition) is 4. The number of ether oxygens (including phenoxy) is 1. The first kappa shape index (κ1) is 13.8. The molecule has 1 heterocycles. The second-order valence-electron chi connectivity index (χ2n) is 4.35. The second-order valence-corrected chi connectivity index (χ2v) is 4.72. The topological polar surface area (TPSA) is 51.0 Å². The second kappa shape index (κ2) is 7.09. The van der Waals surface area contributed by atoms with E-state index in [-0.39, 0.29) is 4.84 Å². The number of rotatable bonds is 7. The van der Waals surface area contributed by atoms with E-state index in [1.165, 1.54) is 19.3 Å². The highest BCUT2D eigenvalue weighted by Crippen LogP contribution is 2.20. The SMILES string of the molecule is CCCCCCOc1ccc(-c2n[nH]c(=S)o2)cc1. The summed E-state index contributed by atoms with van der Waals surface area (Å²) in [5.74, 6) is 1.37. The first-order chi connectivity index (χ1) is 9.29. The van der Waals surface area contributed by atoms with E-state index in [0.29, 0.717) is 5.89 Å². The predicted octanol–water partition coefficient (Wildman–Crippen LogP) is 4.36. The maximum atomic E-state index is 5.67. The molecule has 4 nitrogen and oxygen atoms in total. The Morgan fingerprint density at radius 3 is 2.63 bits per heavy atom. The molecule has 0 aliphatic heterocycles. The number of H-pyrrole nitrogens is 1. The van der Waals surface area contributed by atoms with E-state index in [9.17, 15) is 0 Å². The third-order valence-electron chi connectivity index (χ3n) is 2.81. The van der Waals surface area contributed by atoms with Crippen molar-refractivity contribution in [2.45, 2.75) is 32.6 Å². The summed E-state index contributed by atoms with van der Waals surface area (Å²) in [6.07, 6.45) is 4.84. The maximum absolute atomic E-state index is 5.67. The number of hydrogen-bond donors (Lipinski definition) is 1. The minimum atomic E-state index is 0.284. The standard InChI is InChI=1S/C14H18N2O2S/c1-2-3-4-5-10-17-12-8-6-11(7-9-12)13-15-16-14(19)18-13/h6-9H,2-5,10H2,1H3,(H,16,19). The van der Waals surface area contributed by atoms with Crippen LogP contribution in [-0.4, -0.2) is 16.8 Å². The molecule has 19 heavy (non-hydrogen) atoms. The van der Waals surface area contributed by atoms with E-state index in [2.05, 4.69) is 17.1 Å². The summed E-state index contributed by atoms with van der Waals surface area (Å²) in [4.78, 5) is 0.284. The molecule has 0 radical (unpaired) electrons. The highest BCUT2D eigenvalue weighted by Gasteiger charge is 2.03. The van der Waals surface area contributed by atoms with Gasteiger partial charge in [0, 0.05) is 5.56 Å². The van der Waals surface area contributed by atoms with Crippen LogP contribution in [0.3, 0.4) is 0 Å². The molecule has 1 aromatic heterocycles. The summed E-state index contributed by atoms with van der Waals surface area (Å²) < 4.78 is 10.9. The van der Waals surface area contributed by atoms with Crippen molar-refractivity contribution in [2.24, 2.45) is 0 Å². The largest absolute Gasteiger partial charge is 0.494 e. The molecule has 0 spiro atoms. The zero-order valence-electron chi connectivity index (χ0n) is 11.0. The van der Waals surface area contributed by atoms with Crippen molar-refractivity contribution in [3.05, 3.63) is 29.1 Å². The van der Waals surface area contributed by atoms with Crippen LogP contribution in [0.5, 0.6) is 5.75 Å². The van der Waals surface area contributed by atoms with Crippen molar-refractivity contribution in [1.29, 1.82) is 0 Å². The van der Waals surface area contributed by atoms with E-state index in [0.717, 1.165) is 24.3 Å². The van der Waals surface area contributed by atoms with Gasteiger partial charge in [-0.3, -0.25) is 0 Å². The van der Waals surface area contributed by atoms with Gasteiger partial charge in [-0.05, 0) is 42.9 Å². The lowest BCUT2D eigenvalue weighted by Gasteiger charge is -2.05. The van der Waals surface area contributed by atoms with Crippen LogP contribution in [0.4, 0.5) is 0 Å². The fourth-order valence-corrected chi connectivity index (χ4v) is 1.89. The van der Waals surface area contributed by atoms with Gasteiger partial charge >= 0.3 is 0 Å². The normalized spacial score (nSPS) is 10.6. The number of benzene rings is 1. The Labute approximate surface area is 117 Å². The van der Waals surface area contributed by atoms with E-state index in [1.807, 2.05) is 24.3 Å². The van der Waals surface area contributed by atoms with Gasteiger partial charge in [0.2, 0.25) is 5.89 Å². The number of unbranched alkanes of at least 4 members (excludes halogenated alkanes) is 3. The molecule has 0 saturated carbocycles. The van der Waals surface area contributed by atoms with Crippen molar-refractivity contribution in [2.75, 3.05) is 6.61 Å². The minimum absolute atomic E-state index is 0.284. The molecule has 1 aromatic carbocycles. The van der Waals surface area contributed by atoms with Gasteiger partial charge in [-0.2, -0.15) is 0 Å². The van der Waals surface area contributed by atoms with Gasteiger partial charge in [-0.15, -0.1) is 5.10 Å². The summed E-state index contributed by atoms with van der Waals surface area (Å²) in [5.41, 5.74) is 0.880. The molecule has 0 bridgehead atoms. The van der Waals surface area contributed by atoms with Gasteiger partial charge in [0.25, 0.3) is 4.84 Å². The van der Waals surface area contributed by atoms with Gasteiger partial charge in [0.1, 0.15) is 5.75 Å². The Balaban J connectivity index is 1.86. The molecule has 0 aliphatic carbocycles. The Morgan fingerprint density at radius 2 is 2.00 bits per heavy atom. The number of nitrogens with one attached hydrogen (secondary N) is 1. The lowest BCUT2D eigenvalue weighted by Crippen LogP contribution is -1.96. The first-order valence-electron chi connectivity index (χ1n) is 6.58. The highest BCUT2D eigenvalue weighted by molar-refractivity contribution is 7.71. The Bertz CT molecular complexity index is 545. The summed E-state index contributed by atoms with van der Waals surface area (Å²) in [6, 6.07) is 7.66. The van der Waals surface area contributed by atoms with Crippen molar-refractivity contribution < 1.29 is 9.15 Å². The van der Waals surface area contributed by atoms with Crippen molar-refractivity contribution in [3.8, 4) is 17.2 Å². The lowest BCUT2D eigenvalue weighted by atomic mass is 10.2. The number of aromatic nitrogens is 2. The highest BCUT2D eigenvalue weighted by atomic mass is 32.1. The number of nitrogens with zero attached hydrogens (tertiary/aromatic N) is 1. The van der Waals surface area contributed by atoms with Crippen LogP contribution in [-0.2, 0) is 0 Å².